The van der Waals surface area contributed by atoms with Gasteiger partial charge in [-0.25, -0.2) is 9.97 Å². The fourth-order valence-corrected chi connectivity index (χ4v) is 16.1. The first-order chi connectivity index (χ1) is 48.8. The number of imidazole rings is 1. The predicted molar refractivity (Wildman–Crippen MR) is 418 cm³/mol. The Kier molecular flexibility index (Phi) is 13.4. The van der Waals surface area contributed by atoms with Crippen molar-refractivity contribution in [2.45, 2.75) is 27.7 Å². The summed E-state index contributed by atoms with van der Waals surface area (Å²) in [5.41, 5.74) is 20.9. The van der Waals surface area contributed by atoms with Gasteiger partial charge in [0.15, 0.2) is 0 Å². The maximum Gasteiger partial charge on any atom is 0.145 e. The van der Waals surface area contributed by atoms with Crippen molar-refractivity contribution < 1.29 is 0 Å². The molecule has 99 heavy (non-hydrogen) atoms. The van der Waals surface area contributed by atoms with E-state index in [1.54, 1.807) is 0 Å². The van der Waals surface area contributed by atoms with Crippen LogP contribution in [0, 0.1) is 27.7 Å². The van der Waals surface area contributed by atoms with E-state index in [1.807, 2.05) is 24.5 Å². The Morgan fingerprint density at radius 1 is 0.263 bits per heavy atom. The van der Waals surface area contributed by atoms with E-state index in [2.05, 4.69) is 338 Å². The van der Waals surface area contributed by atoms with E-state index in [0.29, 0.717) is 0 Å². The molecular formula is C93H64N6. The van der Waals surface area contributed by atoms with Crippen molar-refractivity contribution in [3.63, 3.8) is 0 Å². The van der Waals surface area contributed by atoms with Crippen LogP contribution in [0.25, 0.3) is 181 Å². The standard InChI is InChI=1S/C51H35N3.C42H29N3/c1-32-33(2)53(39-29-28-34-14-6-7-15-37(34)30-39)50-43-21-11-9-19-41(43)45-31-44(40-18-8-10-20-42(40)49(45)48(32)50)35-24-26-36(27-25-35)51-52-46-22-12-13-23-47(46)54(51)38-16-4-3-5-17-38;1-26-27(2)45(31-19-18-28-10-3-4-11-30(28)24-31)42-35-15-8-6-13-33(35)37-25-36(32-12-5-7-14-34(32)41(37)40(26)42)39-17-9-16-38(44-39)29-20-22-43-23-21-29/h3-31H,1-2H3;3-25H,1-2H3. The second-order valence-corrected chi connectivity index (χ2v) is 26.3. The normalized spacial score (nSPS) is 11.8. The molecule has 0 radical (unpaired) electrons. The summed E-state index contributed by atoms with van der Waals surface area (Å²) in [5.74, 6) is 0.937. The maximum absolute atomic E-state index is 5.18. The van der Waals surface area contributed by atoms with Gasteiger partial charge in [0.25, 0.3) is 0 Å². The molecule has 6 nitrogen and oxygen atoms in total. The molecule has 5 heterocycles. The Morgan fingerprint density at radius 2 is 0.717 bits per heavy atom. The van der Waals surface area contributed by atoms with Gasteiger partial charge < -0.3 is 9.13 Å². The molecule has 0 aliphatic heterocycles. The third-order valence-corrected chi connectivity index (χ3v) is 21.0. The van der Waals surface area contributed by atoms with Crippen LogP contribution in [0.2, 0.25) is 0 Å². The van der Waals surface area contributed by atoms with E-state index in [9.17, 15) is 0 Å². The van der Waals surface area contributed by atoms with Crippen LogP contribution < -0.4 is 0 Å². The van der Waals surface area contributed by atoms with Crippen molar-refractivity contribution in [1.82, 2.24) is 28.7 Å². The number of para-hydroxylation sites is 3. The van der Waals surface area contributed by atoms with Gasteiger partial charge in [0, 0.05) is 79.1 Å². The molecule has 0 unspecified atom stereocenters. The Hall–Kier alpha value is -12.8. The van der Waals surface area contributed by atoms with Crippen molar-refractivity contribution in [3.8, 4) is 62.1 Å². The smallest absolute Gasteiger partial charge is 0.145 e. The van der Waals surface area contributed by atoms with Gasteiger partial charge in [-0.2, -0.15) is 0 Å². The number of rotatable bonds is 7. The lowest BCUT2D eigenvalue weighted by Gasteiger charge is -2.17. The van der Waals surface area contributed by atoms with E-state index >= 15 is 0 Å². The molecule has 0 saturated heterocycles. The van der Waals surface area contributed by atoms with Crippen molar-refractivity contribution in [2.24, 2.45) is 0 Å². The first-order valence-electron chi connectivity index (χ1n) is 34.1. The van der Waals surface area contributed by atoms with Gasteiger partial charge in [-0.1, -0.05) is 218 Å². The Labute approximate surface area is 572 Å². The van der Waals surface area contributed by atoms with E-state index < -0.39 is 0 Å². The molecule has 15 aromatic carbocycles. The van der Waals surface area contributed by atoms with Crippen molar-refractivity contribution in [3.05, 3.63) is 338 Å². The summed E-state index contributed by atoms with van der Waals surface area (Å²) in [7, 11) is 0. The van der Waals surface area contributed by atoms with Gasteiger partial charge in [-0.15, -0.1) is 0 Å². The summed E-state index contributed by atoms with van der Waals surface area (Å²) in [6, 6.07) is 110. The van der Waals surface area contributed by atoms with Gasteiger partial charge in [0.1, 0.15) is 5.82 Å². The largest absolute Gasteiger partial charge is 0.313 e. The van der Waals surface area contributed by atoms with Crippen LogP contribution in [0.4, 0.5) is 0 Å². The number of hydrogen-bond donors (Lipinski definition) is 0. The summed E-state index contributed by atoms with van der Waals surface area (Å²) in [4.78, 5) is 14.5. The number of hydrogen-bond acceptors (Lipinski definition) is 3. The maximum atomic E-state index is 5.18. The Bertz CT molecular complexity index is 6690. The minimum atomic E-state index is 0.937. The van der Waals surface area contributed by atoms with E-state index in [1.165, 1.54) is 153 Å². The lowest BCUT2D eigenvalue weighted by molar-refractivity contribution is 1.05. The summed E-state index contributed by atoms with van der Waals surface area (Å²) in [5, 5.41) is 22.8. The SMILES string of the molecule is Cc1c(C)n(-c2ccc3ccccc3c2)c2c3ccccc3c3cc(-c4ccc(-c5nc6ccccc6n5-c5ccccc5)cc4)c4ccccc4c3c12.Cc1c(C)n(-c2ccc3ccccc3c2)c2c3ccccc3c3cc(-c4cccc(-c5ccncc5)n4)c4ccccc4c3c12. The molecule has 0 fully saturated rings. The lowest BCUT2D eigenvalue weighted by Crippen LogP contribution is -1.98. The molecule has 0 aliphatic carbocycles. The van der Waals surface area contributed by atoms with Gasteiger partial charge in [-0.3, -0.25) is 9.55 Å². The molecule has 0 amide bonds. The first kappa shape index (κ1) is 57.7. The summed E-state index contributed by atoms with van der Waals surface area (Å²) in [6.07, 6.45) is 3.64. The number of pyridine rings is 2. The van der Waals surface area contributed by atoms with Crippen molar-refractivity contribution >= 4 is 119 Å². The zero-order valence-electron chi connectivity index (χ0n) is 55.2. The van der Waals surface area contributed by atoms with Crippen LogP contribution in [-0.4, -0.2) is 28.7 Å². The number of fused-ring (bicyclic) bond motifs is 19. The molecule has 20 aromatic rings. The average Bonchev–Trinajstić information content (AvgIpc) is 1.34. The minimum Gasteiger partial charge on any atom is -0.313 e. The zero-order chi connectivity index (χ0) is 66.0. The average molecular weight is 1270 g/mol. The highest BCUT2D eigenvalue weighted by Gasteiger charge is 2.26. The molecule has 6 heteroatoms. The Morgan fingerprint density at radius 3 is 1.29 bits per heavy atom. The molecule has 5 aromatic heterocycles. The van der Waals surface area contributed by atoms with Gasteiger partial charge in [-0.05, 0) is 210 Å². The molecule has 466 valence electrons. The van der Waals surface area contributed by atoms with Crippen LogP contribution in [-0.2, 0) is 0 Å². The topological polar surface area (TPSA) is 53.5 Å². The fraction of sp³-hybridized carbons (Fsp3) is 0.0430. The minimum absolute atomic E-state index is 0.937. The van der Waals surface area contributed by atoms with Crippen molar-refractivity contribution in [2.75, 3.05) is 0 Å². The first-order valence-corrected chi connectivity index (χ1v) is 34.1. The lowest BCUT2D eigenvalue weighted by atomic mass is 9.88. The predicted octanol–water partition coefficient (Wildman–Crippen LogP) is 24.5. The molecular weight excluding hydrogens is 1200 g/mol. The van der Waals surface area contributed by atoms with E-state index in [0.717, 1.165) is 50.6 Å². The number of aromatic nitrogens is 6. The molecule has 0 atom stereocenters. The summed E-state index contributed by atoms with van der Waals surface area (Å²) < 4.78 is 7.23. The summed E-state index contributed by atoms with van der Waals surface area (Å²) >= 11 is 0. The van der Waals surface area contributed by atoms with Crippen LogP contribution in [0.5, 0.6) is 0 Å². The monoisotopic (exact) mass is 1260 g/mol. The summed E-state index contributed by atoms with van der Waals surface area (Å²) in [6.45, 7) is 9.12. The second-order valence-electron chi connectivity index (χ2n) is 26.3. The fourth-order valence-electron chi connectivity index (χ4n) is 16.1. The highest BCUT2D eigenvalue weighted by atomic mass is 15.1. The molecule has 0 spiro atoms. The Balaban J connectivity index is 0.000000141. The van der Waals surface area contributed by atoms with Gasteiger partial charge in [0.2, 0.25) is 0 Å². The highest BCUT2D eigenvalue weighted by Crippen LogP contribution is 2.49. The molecule has 0 aliphatic rings. The third-order valence-electron chi connectivity index (χ3n) is 21.0. The van der Waals surface area contributed by atoms with E-state index in [4.69, 9.17) is 9.97 Å². The second kappa shape index (κ2) is 23.0. The van der Waals surface area contributed by atoms with Crippen LogP contribution in [0.3, 0.4) is 0 Å². The molecule has 0 bridgehead atoms. The quantitative estimate of drug-likeness (QED) is 0.149. The van der Waals surface area contributed by atoms with Gasteiger partial charge in [0.05, 0.1) is 33.5 Å². The number of aryl methyl sites for hydroxylation is 2. The van der Waals surface area contributed by atoms with Gasteiger partial charge >= 0.3 is 0 Å². The van der Waals surface area contributed by atoms with Crippen molar-refractivity contribution in [1.29, 1.82) is 0 Å². The zero-order valence-corrected chi connectivity index (χ0v) is 55.2. The highest BCUT2D eigenvalue weighted by molar-refractivity contribution is 6.35. The van der Waals surface area contributed by atoms with Crippen LogP contribution >= 0.6 is 0 Å². The number of nitrogens with zero attached hydrogens (tertiary/aromatic N) is 6. The number of benzene rings is 15. The van der Waals surface area contributed by atoms with Crippen LogP contribution in [0.1, 0.15) is 22.5 Å². The molecule has 0 saturated carbocycles. The molecule has 0 N–H and O–H groups in total. The van der Waals surface area contributed by atoms with E-state index in [-0.39, 0.29) is 0 Å². The molecule has 20 rings (SSSR count). The van der Waals surface area contributed by atoms with Crippen LogP contribution in [0.15, 0.2) is 316 Å². The third kappa shape index (κ3) is 9.13.